The molecule has 1 amide bonds. The Hall–Kier alpha value is -2.08. The van der Waals surface area contributed by atoms with Crippen molar-refractivity contribution in [1.29, 1.82) is 0 Å². The number of rotatable bonds is 3. The van der Waals surface area contributed by atoms with Crippen molar-refractivity contribution < 1.29 is 4.79 Å². The Bertz CT molecular complexity index is 727. The summed E-state index contributed by atoms with van der Waals surface area (Å²) in [6, 6.07) is 4.04. The van der Waals surface area contributed by atoms with Gasteiger partial charge in [-0.1, -0.05) is 11.6 Å². The highest BCUT2D eigenvalue weighted by atomic mass is 35.5. The summed E-state index contributed by atoms with van der Waals surface area (Å²) in [6.45, 7) is 2.59. The molecule has 0 radical (unpaired) electrons. The van der Waals surface area contributed by atoms with Gasteiger partial charge in [0.15, 0.2) is 5.69 Å². The molecule has 0 bridgehead atoms. The molecule has 2 aliphatic heterocycles. The lowest BCUT2D eigenvalue weighted by molar-refractivity contribution is 0.0727. The summed E-state index contributed by atoms with van der Waals surface area (Å²) < 4.78 is 0. The number of nitrogens with zero attached hydrogens (tertiary/aromatic N) is 4. The first-order chi connectivity index (χ1) is 11.7. The molecule has 0 saturated carbocycles. The van der Waals surface area contributed by atoms with Crippen molar-refractivity contribution in [1.82, 2.24) is 19.9 Å². The number of carbonyl (C=O) groups excluding carboxylic acids is 1. The molecule has 2 aliphatic rings. The predicted octanol–water partition coefficient (Wildman–Crippen LogP) is 3.04. The van der Waals surface area contributed by atoms with Crippen LogP contribution in [0.1, 0.15) is 47.9 Å². The first-order valence-corrected chi connectivity index (χ1v) is 8.83. The first kappa shape index (κ1) is 15.4. The summed E-state index contributed by atoms with van der Waals surface area (Å²) in [5.41, 5.74) is 1.37. The topological polar surface area (TPSA) is 65.1 Å². The number of aromatic nitrogens is 3. The Kier molecular flexibility index (Phi) is 4.14. The van der Waals surface area contributed by atoms with Gasteiger partial charge in [-0.2, -0.15) is 0 Å². The first-order valence-electron chi connectivity index (χ1n) is 8.46. The van der Waals surface area contributed by atoms with E-state index in [0.29, 0.717) is 16.7 Å². The van der Waals surface area contributed by atoms with E-state index in [2.05, 4.69) is 19.9 Å². The van der Waals surface area contributed by atoms with E-state index < -0.39 is 0 Å². The molecule has 2 aromatic heterocycles. The van der Waals surface area contributed by atoms with Gasteiger partial charge in [0.05, 0.1) is 17.3 Å². The third-order valence-corrected chi connectivity index (χ3v) is 5.09. The maximum absolute atomic E-state index is 13.1. The van der Waals surface area contributed by atoms with Crippen LogP contribution in [0.15, 0.2) is 24.5 Å². The zero-order valence-electron chi connectivity index (χ0n) is 13.4. The largest absolute Gasteiger partial charge is 0.363 e. The molecule has 7 heteroatoms. The van der Waals surface area contributed by atoms with E-state index in [4.69, 9.17) is 11.6 Å². The smallest absolute Gasteiger partial charge is 0.274 e. The van der Waals surface area contributed by atoms with E-state index in [-0.39, 0.29) is 11.9 Å². The van der Waals surface area contributed by atoms with Crippen molar-refractivity contribution in [2.24, 2.45) is 0 Å². The van der Waals surface area contributed by atoms with Crippen LogP contribution in [-0.2, 0) is 0 Å². The van der Waals surface area contributed by atoms with E-state index in [1.54, 1.807) is 6.20 Å². The summed E-state index contributed by atoms with van der Waals surface area (Å²) in [4.78, 5) is 29.1. The van der Waals surface area contributed by atoms with Gasteiger partial charge in [0.25, 0.3) is 5.91 Å². The second-order valence-corrected chi connectivity index (χ2v) is 6.75. The number of hydrogen-bond acceptors (Lipinski definition) is 4. The molecule has 2 saturated heterocycles. The van der Waals surface area contributed by atoms with Crippen molar-refractivity contribution in [3.63, 3.8) is 0 Å². The molecule has 0 aromatic carbocycles. The lowest BCUT2D eigenvalue weighted by Crippen LogP contribution is -2.32. The third-order valence-electron chi connectivity index (χ3n) is 4.82. The fraction of sp³-hybridized carbons (Fsp3) is 0.471. The van der Waals surface area contributed by atoms with Gasteiger partial charge in [-0.05, 0) is 37.8 Å². The second-order valence-electron chi connectivity index (χ2n) is 6.34. The normalized spacial score (nSPS) is 20.8. The molecule has 2 aromatic rings. The number of hydrogen-bond donors (Lipinski definition) is 1. The second kappa shape index (κ2) is 6.43. The number of amides is 1. The van der Waals surface area contributed by atoms with Gasteiger partial charge in [-0.25, -0.2) is 9.97 Å². The number of nitrogens with one attached hydrogen (secondary N) is 1. The minimum atomic E-state index is -0.111. The van der Waals surface area contributed by atoms with Gasteiger partial charge in [-0.3, -0.25) is 4.79 Å². The molecule has 2 fully saturated rings. The van der Waals surface area contributed by atoms with E-state index in [1.165, 1.54) is 0 Å². The van der Waals surface area contributed by atoms with Crippen molar-refractivity contribution >= 4 is 23.5 Å². The Balaban J connectivity index is 1.62. The van der Waals surface area contributed by atoms with Crippen LogP contribution in [0.2, 0.25) is 5.02 Å². The van der Waals surface area contributed by atoms with Gasteiger partial charge in [-0.15, -0.1) is 0 Å². The monoisotopic (exact) mass is 345 g/mol. The molecule has 4 rings (SSSR count). The maximum Gasteiger partial charge on any atom is 0.274 e. The summed E-state index contributed by atoms with van der Waals surface area (Å²) in [6.07, 6.45) is 7.65. The SMILES string of the molecule is O=C(c1nc(N2CCCC2)ncc1Cl)N1CCC[C@H]1c1ccc[nH]1. The molecular weight excluding hydrogens is 326 g/mol. The van der Waals surface area contributed by atoms with Gasteiger partial charge >= 0.3 is 0 Å². The van der Waals surface area contributed by atoms with Crippen molar-refractivity contribution in [3.05, 3.63) is 40.9 Å². The third kappa shape index (κ3) is 2.75. The Morgan fingerprint density at radius 3 is 2.83 bits per heavy atom. The zero-order valence-corrected chi connectivity index (χ0v) is 14.2. The minimum Gasteiger partial charge on any atom is -0.363 e. The van der Waals surface area contributed by atoms with Crippen LogP contribution >= 0.6 is 11.6 Å². The molecule has 1 atom stereocenters. The number of H-pyrrole nitrogens is 1. The lowest BCUT2D eigenvalue weighted by Gasteiger charge is -2.24. The van der Waals surface area contributed by atoms with Gasteiger partial charge < -0.3 is 14.8 Å². The van der Waals surface area contributed by atoms with Crippen LogP contribution in [0.4, 0.5) is 5.95 Å². The lowest BCUT2D eigenvalue weighted by atomic mass is 10.1. The number of carbonyl (C=O) groups is 1. The summed E-state index contributed by atoms with van der Waals surface area (Å²) in [5, 5.41) is 0.320. The fourth-order valence-electron chi connectivity index (χ4n) is 3.60. The highest BCUT2D eigenvalue weighted by Crippen LogP contribution is 2.33. The van der Waals surface area contributed by atoms with Gasteiger partial charge in [0.2, 0.25) is 5.95 Å². The molecule has 6 nitrogen and oxygen atoms in total. The number of aromatic amines is 1. The van der Waals surface area contributed by atoms with Gasteiger partial charge in [0.1, 0.15) is 0 Å². The van der Waals surface area contributed by atoms with Crippen molar-refractivity contribution in [2.45, 2.75) is 31.7 Å². The standard InChI is InChI=1S/C17H20ClN5O/c18-12-11-20-17(22-8-1-2-9-22)21-15(12)16(24)23-10-4-6-14(23)13-5-3-7-19-13/h3,5,7,11,14,19H,1-2,4,6,8-10H2/t14-/m0/s1. The summed E-state index contributed by atoms with van der Waals surface area (Å²) in [5.74, 6) is 0.496. The predicted molar refractivity (Wildman–Crippen MR) is 92.3 cm³/mol. The molecule has 0 spiro atoms. The molecule has 0 aliphatic carbocycles. The number of likely N-dealkylation sites (tertiary alicyclic amines) is 1. The molecule has 4 heterocycles. The van der Waals surface area contributed by atoms with E-state index in [9.17, 15) is 4.79 Å². The zero-order chi connectivity index (χ0) is 16.5. The molecule has 1 N–H and O–H groups in total. The van der Waals surface area contributed by atoms with Crippen LogP contribution in [0.3, 0.4) is 0 Å². The van der Waals surface area contributed by atoms with Crippen molar-refractivity contribution in [2.75, 3.05) is 24.5 Å². The summed E-state index contributed by atoms with van der Waals surface area (Å²) >= 11 is 6.25. The number of anilines is 1. The van der Waals surface area contributed by atoms with Crippen LogP contribution in [0.5, 0.6) is 0 Å². The van der Waals surface area contributed by atoms with Crippen LogP contribution in [0.25, 0.3) is 0 Å². The maximum atomic E-state index is 13.1. The Morgan fingerprint density at radius 1 is 1.25 bits per heavy atom. The number of halogens is 1. The molecule has 24 heavy (non-hydrogen) atoms. The molecule has 0 unspecified atom stereocenters. The van der Waals surface area contributed by atoms with E-state index in [0.717, 1.165) is 51.0 Å². The van der Waals surface area contributed by atoms with E-state index >= 15 is 0 Å². The quantitative estimate of drug-likeness (QED) is 0.928. The highest BCUT2D eigenvalue weighted by Gasteiger charge is 2.33. The average molecular weight is 346 g/mol. The average Bonchev–Trinajstić information content (AvgIpc) is 3.34. The highest BCUT2D eigenvalue weighted by molar-refractivity contribution is 6.33. The van der Waals surface area contributed by atoms with Crippen molar-refractivity contribution in [3.8, 4) is 0 Å². The van der Waals surface area contributed by atoms with Crippen LogP contribution in [0, 0.1) is 0 Å². The van der Waals surface area contributed by atoms with Crippen LogP contribution < -0.4 is 4.90 Å². The summed E-state index contributed by atoms with van der Waals surface area (Å²) in [7, 11) is 0. The molecule has 126 valence electrons. The van der Waals surface area contributed by atoms with E-state index in [1.807, 2.05) is 23.2 Å². The fourth-order valence-corrected chi connectivity index (χ4v) is 3.77. The molecular formula is C17H20ClN5O. The minimum absolute atomic E-state index is 0.0637. The Morgan fingerprint density at radius 2 is 2.08 bits per heavy atom. The van der Waals surface area contributed by atoms with Gasteiger partial charge in [0, 0.05) is 31.5 Å². The van der Waals surface area contributed by atoms with Crippen LogP contribution in [-0.4, -0.2) is 45.4 Å². The Labute approximate surface area is 145 Å².